The molecule has 0 atom stereocenters. The summed E-state index contributed by atoms with van der Waals surface area (Å²) in [4.78, 5) is 17.1. The lowest BCUT2D eigenvalue weighted by molar-refractivity contribution is 0.102. The zero-order valence-corrected chi connectivity index (χ0v) is 18.6. The van der Waals surface area contributed by atoms with Crippen molar-refractivity contribution in [3.63, 3.8) is 0 Å². The number of halogens is 1. The van der Waals surface area contributed by atoms with E-state index in [2.05, 4.69) is 10.3 Å². The van der Waals surface area contributed by atoms with E-state index in [0.29, 0.717) is 45.8 Å². The molecule has 0 saturated heterocycles. The molecule has 0 fully saturated rings. The van der Waals surface area contributed by atoms with Crippen LogP contribution in [0, 0.1) is 0 Å². The number of amides is 1. The molecular formula is C20H18ClN3O4S2. The Bertz CT molecular complexity index is 1240. The average molecular weight is 464 g/mol. The predicted molar refractivity (Wildman–Crippen MR) is 119 cm³/mol. The van der Waals surface area contributed by atoms with Gasteiger partial charge < -0.3 is 4.74 Å². The van der Waals surface area contributed by atoms with Gasteiger partial charge in [-0.05, 0) is 48.4 Å². The van der Waals surface area contributed by atoms with Gasteiger partial charge in [-0.25, -0.2) is 13.4 Å². The monoisotopic (exact) mass is 463 g/mol. The first-order chi connectivity index (χ1) is 14.3. The second-order valence-corrected chi connectivity index (χ2v) is 9.94. The predicted octanol–water partition coefficient (Wildman–Crippen LogP) is 4.05. The van der Waals surface area contributed by atoms with E-state index in [1.165, 1.54) is 21.9 Å². The van der Waals surface area contributed by atoms with Crippen LogP contribution in [0.2, 0.25) is 5.02 Å². The van der Waals surface area contributed by atoms with Crippen LogP contribution in [0.15, 0.2) is 41.8 Å². The maximum absolute atomic E-state index is 12.7. The highest BCUT2D eigenvalue weighted by Gasteiger charge is 2.26. The number of fused-ring (bicyclic) bond motifs is 1. The molecule has 0 spiro atoms. The fraction of sp³-hybridized carbons (Fsp3) is 0.200. The van der Waals surface area contributed by atoms with Crippen LogP contribution in [0.25, 0.3) is 11.3 Å². The third-order valence-corrected chi connectivity index (χ3v) is 7.00. The SMILES string of the molecule is COc1ccc(-c2csc(NC(=O)c3ccc4c(c3)CCN4S(C)(=O)=O)n2)cc1Cl. The Hall–Kier alpha value is -2.62. The van der Waals surface area contributed by atoms with Crippen LogP contribution in [0.1, 0.15) is 15.9 Å². The number of methoxy groups -OCH3 is 1. The Balaban J connectivity index is 1.51. The first-order valence-corrected chi connectivity index (χ1v) is 12.1. The van der Waals surface area contributed by atoms with E-state index in [1.54, 1.807) is 37.4 Å². The zero-order valence-electron chi connectivity index (χ0n) is 16.2. The first kappa shape index (κ1) is 20.6. The highest BCUT2D eigenvalue weighted by molar-refractivity contribution is 7.92. The molecule has 4 rings (SSSR count). The van der Waals surface area contributed by atoms with Gasteiger partial charge in [0.15, 0.2) is 5.13 Å². The van der Waals surface area contributed by atoms with Crippen molar-refractivity contribution in [3.8, 4) is 17.0 Å². The molecule has 0 bridgehead atoms. The minimum absolute atomic E-state index is 0.302. The zero-order chi connectivity index (χ0) is 21.5. The molecule has 0 aliphatic carbocycles. The summed E-state index contributed by atoms with van der Waals surface area (Å²) in [6.07, 6.45) is 1.75. The molecule has 1 aliphatic heterocycles. The fourth-order valence-corrected chi connectivity index (χ4v) is 5.25. The van der Waals surface area contributed by atoms with Gasteiger partial charge in [-0.2, -0.15) is 0 Å². The quantitative estimate of drug-likeness (QED) is 0.616. The molecule has 156 valence electrons. The molecule has 2 heterocycles. The van der Waals surface area contributed by atoms with E-state index in [0.717, 1.165) is 11.1 Å². The lowest BCUT2D eigenvalue weighted by atomic mass is 10.1. The van der Waals surface area contributed by atoms with Crippen LogP contribution >= 0.6 is 22.9 Å². The van der Waals surface area contributed by atoms with Crippen molar-refractivity contribution in [2.24, 2.45) is 0 Å². The lowest BCUT2D eigenvalue weighted by Gasteiger charge is -2.16. The molecule has 0 saturated carbocycles. The molecule has 0 unspecified atom stereocenters. The molecule has 1 N–H and O–H groups in total. The molecule has 1 amide bonds. The maximum atomic E-state index is 12.7. The minimum Gasteiger partial charge on any atom is -0.495 e. The van der Waals surface area contributed by atoms with Gasteiger partial charge in [0, 0.05) is 23.1 Å². The number of sulfonamides is 1. The summed E-state index contributed by atoms with van der Waals surface area (Å²) < 4.78 is 30.2. The number of anilines is 2. The van der Waals surface area contributed by atoms with Crippen molar-refractivity contribution < 1.29 is 17.9 Å². The largest absolute Gasteiger partial charge is 0.495 e. The molecule has 2 aromatic carbocycles. The molecule has 1 aliphatic rings. The Morgan fingerprint density at radius 2 is 2.07 bits per heavy atom. The van der Waals surface area contributed by atoms with Gasteiger partial charge in [0.25, 0.3) is 5.91 Å². The van der Waals surface area contributed by atoms with Gasteiger partial charge in [0.05, 0.1) is 29.8 Å². The highest BCUT2D eigenvalue weighted by Crippen LogP contribution is 2.33. The molecule has 0 radical (unpaired) electrons. The minimum atomic E-state index is -3.32. The number of ether oxygens (including phenoxy) is 1. The summed E-state index contributed by atoms with van der Waals surface area (Å²) in [5.74, 6) is 0.277. The highest BCUT2D eigenvalue weighted by atomic mass is 35.5. The molecule has 1 aromatic heterocycles. The first-order valence-electron chi connectivity index (χ1n) is 8.97. The molecule has 3 aromatic rings. The van der Waals surface area contributed by atoms with Crippen LogP contribution in [-0.4, -0.2) is 39.2 Å². The van der Waals surface area contributed by atoms with Crippen LogP contribution in [-0.2, 0) is 16.4 Å². The van der Waals surface area contributed by atoms with Crippen molar-refractivity contribution in [1.29, 1.82) is 0 Å². The number of nitrogens with zero attached hydrogens (tertiary/aromatic N) is 2. The number of hydrogen-bond donors (Lipinski definition) is 1. The van der Waals surface area contributed by atoms with E-state index >= 15 is 0 Å². The summed E-state index contributed by atoms with van der Waals surface area (Å²) in [5, 5.41) is 5.57. The number of carbonyl (C=O) groups is 1. The Morgan fingerprint density at radius 1 is 1.27 bits per heavy atom. The molecule has 30 heavy (non-hydrogen) atoms. The molecule has 7 nitrogen and oxygen atoms in total. The van der Waals surface area contributed by atoms with Crippen LogP contribution in [0.5, 0.6) is 5.75 Å². The number of hydrogen-bond acceptors (Lipinski definition) is 6. The van der Waals surface area contributed by atoms with Gasteiger partial charge in [0.2, 0.25) is 10.0 Å². The van der Waals surface area contributed by atoms with E-state index < -0.39 is 10.0 Å². The standard InChI is InChI=1S/C20H18ClN3O4S2/c1-28-18-6-4-12(10-15(18)21)16-11-29-20(22-16)23-19(25)14-3-5-17-13(9-14)7-8-24(17)30(2,26)27/h3-6,9-11H,7-8H2,1-2H3,(H,22,23,25). The van der Waals surface area contributed by atoms with Crippen molar-refractivity contribution >= 4 is 49.7 Å². The van der Waals surface area contributed by atoms with E-state index in [4.69, 9.17) is 16.3 Å². The molecule has 10 heteroatoms. The Kier molecular flexibility index (Phi) is 5.44. The Labute approximate surface area is 183 Å². The second-order valence-electron chi connectivity index (χ2n) is 6.77. The van der Waals surface area contributed by atoms with E-state index in [-0.39, 0.29) is 5.91 Å². The van der Waals surface area contributed by atoms with Gasteiger partial charge in [-0.1, -0.05) is 11.6 Å². The number of thiazole rings is 1. The van der Waals surface area contributed by atoms with Crippen molar-refractivity contribution in [3.05, 3.63) is 57.9 Å². The maximum Gasteiger partial charge on any atom is 0.257 e. The average Bonchev–Trinajstić information content (AvgIpc) is 3.34. The number of nitrogens with one attached hydrogen (secondary N) is 1. The third-order valence-electron chi connectivity index (χ3n) is 4.77. The van der Waals surface area contributed by atoms with Gasteiger partial charge in [-0.15, -0.1) is 11.3 Å². The van der Waals surface area contributed by atoms with Gasteiger partial charge in [0.1, 0.15) is 5.75 Å². The smallest absolute Gasteiger partial charge is 0.257 e. The van der Waals surface area contributed by atoms with Crippen LogP contribution in [0.4, 0.5) is 10.8 Å². The second kappa shape index (κ2) is 7.90. The number of carbonyl (C=O) groups excluding carboxylic acids is 1. The topological polar surface area (TPSA) is 88.6 Å². The van der Waals surface area contributed by atoms with E-state index in [9.17, 15) is 13.2 Å². The third kappa shape index (κ3) is 4.00. The number of aromatic nitrogens is 1. The summed E-state index contributed by atoms with van der Waals surface area (Å²) in [6.45, 7) is 0.388. The van der Waals surface area contributed by atoms with Gasteiger partial charge >= 0.3 is 0 Å². The fourth-order valence-electron chi connectivity index (χ4n) is 3.32. The van der Waals surface area contributed by atoms with Crippen molar-refractivity contribution in [1.82, 2.24) is 4.98 Å². The van der Waals surface area contributed by atoms with Crippen LogP contribution < -0.4 is 14.4 Å². The van der Waals surface area contributed by atoms with E-state index in [1.807, 2.05) is 11.4 Å². The summed E-state index contributed by atoms with van der Waals surface area (Å²) in [5.41, 5.74) is 3.42. The van der Waals surface area contributed by atoms with Crippen molar-refractivity contribution in [2.75, 3.05) is 29.5 Å². The summed E-state index contributed by atoms with van der Waals surface area (Å²) >= 11 is 7.48. The van der Waals surface area contributed by atoms with Crippen LogP contribution in [0.3, 0.4) is 0 Å². The molecular weight excluding hydrogens is 446 g/mol. The number of rotatable bonds is 5. The lowest BCUT2D eigenvalue weighted by Crippen LogP contribution is -2.27. The summed E-state index contributed by atoms with van der Waals surface area (Å²) in [7, 11) is -1.77. The summed E-state index contributed by atoms with van der Waals surface area (Å²) in [6, 6.07) is 10.4. The van der Waals surface area contributed by atoms with Crippen molar-refractivity contribution in [2.45, 2.75) is 6.42 Å². The number of benzene rings is 2. The van der Waals surface area contributed by atoms with Gasteiger partial charge in [-0.3, -0.25) is 14.4 Å². The normalized spacial score (nSPS) is 13.2. The Morgan fingerprint density at radius 3 is 2.77 bits per heavy atom.